The molecule has 0 spiro atoms. The lowest BCUT2D eigenvalue weighted by atomic mass is 10.2. The second-order valence-corrected chi connectivity index (χ2v) is 6.18. The average molecular weight is 326 g/mol. The monoisotopic (exact) mass is 325 g/mol. The van der Waals surface area contributed by atoms with Gasteiger partial charge in [0.2, 0.25) is 0 Å². The first-order chi connectivity index (χ1) is 10.1. The number of hydrogen-bond donors (Lipinski definition) is 1. The maximum atomic E-state index is 6.07. The molecule has 1 N–H and O–H groups in total. The number of benzene rings is 1. The number of rotatable bonds is 6. The first kappa shape index (κ1) is 14.8. The zero-order valence-corrected chi connectivity index (χ0v) is 13.3. The number of furan rings is 1. The quantitative estimate of drug-likeness (QED) is 0.834. The minimum atomic E-state index is 0.338. The van der Waals surface area contributed by atoms with Crippen LogP contribution in [0.4, 0.5) is 0 Å². The molecule has 1 saturated carbocycles. The molecule has 1 aromatic carbocycles. The van der Waals surface area contributed by atoms with Crippen molar-refractivity contribution >= 4 is 23.2 Å². The van der Waals surface area contributed by atoms with Gasteiger partial charge in [0.15, 0.2) is 0 Å². The second-order valence-electron chi connectivity index (χ2n) is 5.34. The molecule has 0 saturated heterocycles. The summed E-state index contributed by atoms with van der Waals surface area (Å²) in [6.45, 7) is 3.15. The summed E-state index contributed by atoms with van der Waals surface area (Å²) in [5, 5.41) is 4.58. The van der Waals surface area contributed by atoms with Crippen LogP contribution in [0.5, 0.6) is 5.75 Å². The molecule has 0 aliphatic heterocycles. The van der Waals surface area contributed by atoms with Crippen LogP contribution in [0.25, 0.3) is 0 Å². The molecule has 5 heteroatoms. The van der Waals surface area contributed by atoms with Gasteiger partial charge in [-0.1, -0.05) is 23.2 Å². The fourth-order valence-corrected chi connectivity index (χ4v) is 2.43. The van der Waals surface area contributed by atoms with Crippen molar-refractivity contribution in [3.05, 3.63) is 51.4 Å². The topological polar surface area (TPSA) is 34.4 Å². The summed E-state index contributed by atoms with van der Waals surface area (Å²) in [6, 6.07) is 7.82. The van der Waals surface area contributed by atoms with Crippen molar-refractivity contribution in [2.75, 3.05) is 0 Å². The fraction of sp³-hybridized carbons (Fsp3) is 0.375. The summed E-state index contributed by atoms with van der Waals surface area (Å²) in [7, 11) is 0. The lowest BCUT2D eigenvalue weighted by Gasteiger charge is -2.06. The van der Waals surface area contributed by atoms with E-state index in [4.69, 9.17) is 32.4 Å². The highest BCUT2D eigenvalue weighted by molar-refractivity contribution is 6.34. The van der Waals surface area contributed by atoms with Crippen molar-refractivity contribution in [3.8, 4) is 5.75 Å². The van der Waals surface area contributed by atoms with E-state index in [9.17, 15) is 0 Å². The number of nitrogens with one attached hydrogen (secondary N) is 1. The molecule has 3 nitrogen and oxygen atoms in total. The predicted molar refractivity (Wildman–Crippen MR) is 84.1 cm³/mol. The summed E-state index contributed by atoms with van der Waals surface area (Å²) >= 11 is 12.0. The van der Waals surface area contributed by atoms with Gasteiger partial charge in [-0.25, -0.2) is 0 Å². The first-order valence-corrected chi connectivity index (χ1v) is 7.77. The average Bonchev–Trinajstić information content (AvgIpc) is 3.21. The molecule has 3 rings (SSSR count). The highest BCUT2D eigenvalue weighted by Gasteiger charge is 2.21. The Bertz CT molecular complexity index is 635. The van der Waals surface area contributed by atoms with Gasteiger partial charge in [-0.2, -0.15) is 0 Å². The normalized spacial score (nSPS) is 14.4. The smallest absolute Gasteiger partial charge is 0.146 e. The Hall–Kier alpha value is -1.16. The van der Waals surface area contributed by atoms with Crippen LogP contribution in [0.2, 0.25) is 10.0 Å². The van der Waals surface area contributed by atoms with Crippen LogP contribution >= 0.6 is 23.2 Å². The van der Waals surface area contributed by atoms with Crippen LogP contribution in [-0.2, 0) is 13.2 Å². The molecule has 0 atom stereocenters. The van der Waals surface area contributed by atoms with E-state index >= 15 is 0 Å². The molecule has 0 unspecified atom stereocenters. The van der Waals surface area contributed by atoms with Crippen molar-refractivity contribution in [2.45, 2.75) is 39.0 Å². The molecule has 0 amide bonds. The summed E-state index contributed by atoms with van der Waals surface area (Å²) in [4.78, 5) is 0. The van der Waals surface area contributed by atoms with E-state index in [2.05, 4.69) is 5.32 Å². The molecule has 21 heavy (non-hydrogen) atoms. The lowest BCUT2D eigenvalue weighted by Crippen LogP contribution is -2.15. The minimum absolute atomic E-state index is 0.338. The van der Waals surface area contributed by atoms with E-state index in [0.717, 1.165) is 23.6 Å². The summed E-state index contributed by atoms with van der Waals surface area (Å²) < 4.78 is 11.5. The zero-order valence-electron chi connectivity index (χ0n) is 11.8. The minimum Gasteiger partial charge on any atom is -0.484 e. The zero-order chi connectivity index (χ0) is 14.8. The van der Waals surface area contributed by atoms with Crippen LogP contribution in [0, 0.1) is 6.92 Å². The van der Waals surface area contributed by atoms with Crippen LogP contribution in [0.3, 0.4) is 0 Å². The standard InChI is InChI=1S/C16H17Cl2NO2/c1-10-6-13(21-16(10)8-19-12-3-4-12)9-20-15-7-11(17)2-5-14(15)18/h2,5-7,12,19H,3-4,8-9H2,1H3. The molecule has 2 aromatic rings. The second kappa shape index (κ2) is 6.30. The van der Waals surface area contributed by atoms with E-state index in [1.165, 1.54) is 12.8 Å². The molecule has 1 heterocycles. The van der Waals surface area contributed by atoms with Crippen LogP contribution in [-0.4, -0.2) is 6.04 Å². The third-order valence-corrected chi connectivity index (χ3v) is 4.01. The number of hydrogen-bond acceptors (Lipinski definition) is 3. The van der Waals surface area contributed by atoms with Crippen molar-refractivity contribution in [1.29, 1.82) is 0 Å². The summed E-state index contributed by atoms with van der Waals surface area (Å²) in [5.41, 5.74) is 1.14. The van der Waals surface area contributed by atoms with Gasteiger partial charge in [0.05, 0.1) is 11.6 Å². The van der Waals surface area contributed by atoms with Gasteiger partial charge in [0.1, 0.15) is 23.9 Å². The first-order valence-electron chi connectivity index (χ1n) is 7.01. The van der Waals surface area contributed by atoms with Gasteiger partial charge in [-0.15, -0.1) is 0 Å². The van der Waals surface area contributed by atoms with Crippen LogP contribution in [0.15, 0.2) is 28.7 Å². The number of aryl methyl sites for hydroxylation is 1. The maximum Gasteiger partial charge on any atom is 0.146 e. The van der Waals surface area contributed by atoms with Gasteiger partial charge in [-0.3, -0.25) is 0 Å². The highest BCUT2D eigenvalue weighted by atomic mass is 35.5. The van der Waals surface area contributed by atoms with E-state index < -0.39 is 0 Å². The molecule has 0 radical (unpaired) electrons. The van der Waals surface area contributed by atoms with E-state index in [-0.39, 0.29) is 0 Å². The summed E-state index contributed by atoms with van der Waals surface area (Å²) in [5.74, 6) is 2.32. The largest absolute Gasteiger partial charge is 0.484 e. The number of halogens is 2. The SMILES string of the molecule is Cc1cc(COc2cc(Cl)ccc2Cl)oc1CNC1CC1. The van der Waals surface area contributed by atoms with Crippen LogP contribution in [0.1, 0.15) is 29.9 Å². The van der Waals surface area contributed by atoms with Gasteiger partial charge in [-0.05, 0) is 43.5 Å². The molecule has 1 fully saturated rings. The molecular formula is C16H17Cl2NO2. The van der Waals surface area contributed by atoms with Crippen molar-refractivity contribution in [2.24, 2.45) is 0 Å². The Morgan fingerprint density at radius 2 is 2.10 bits per heavy atom. The van der Waals surface area contributed by atoms with Gasteiger partial charge in [0.25, 0.3) is 0 Å². The van der Waals surface area contributed by atoms with E-state index in [0.29, 0.717) is 28.4 Å². The van der Waals surface area contributed by atoms with Crippen molar-refractivity contribution in [3.63, 3.8) is 0 Å². The Morgan fingerprint density at radius 3 is 2.86 bits per heavy atom. The Labute approximate surface area is 134 Å². The highest BCUT2D eigenvalue weighted by Crippen LogP contribution is 2.29. The third kappa shape index (κ3) is 3.94. The Morgan fingerprint density at radius 1 is 1.29 bits per heavy atom. The lowest BCUT2D eigenvalue weighted by molar-refractivity contribution is 0.265. The molecule has 1 aromatic heterocycles. The van der Waals surface area contributed by atoms with Crippen molar-refractivity contribution < 1.29 is 9.15 Å². The Kier molecular flexibility index (Phi) is 4.43. The Balaban J connectivity index is 1.61. The summed E-state index contributed by atoms with van der Waals surface area (Å²) in [6.07, 6.45) is 2.53. The van der Waals surface area contributed by atoms with Crippen LogP contribution < -0.4 is 10.1 Å². The maximum absolute atomic E-state index is 6.07. The third-order valence-electron chi connectivity index (χ3n) is 3.46. The molecule has 1 aliphatic carbocycles. The molecule has 0 bridgehead atoms. The molecular weight excluding hydrogens is 309 g/mol. The number of ether oxygens (including phenoxy) is 1. The van der Waals surface area contributed by atoms with Gasteiger partial charge >= 0.3 is 0 Å². The fourth-order valence-electron chi connectivity index (χ4n) is 2.10. The van der Waals surface area contributed by atoms with E-state index in [1.807, 2.05) is 13.0 Å². The molecule has 1 aliphatic rings. The van der Waals surface area contributed by atoms with E-state index in [1.54, 1.807) is 18.2 Å². The van der Waals surface area contributed by atoms with Gasteiger partial charge < -0.3 is 14.5 Å². The van der Waals surface area contributed by atoms with Crippen molar-refractivity contribution in [1.82, 2.24) is 5.32 Å². The van der Waals surface area contributed by atoms with Gasteiger partial charge in [0, 0.05) is 17.1 Å². The molecule has 112 valence electrons. The predicted octanol–water partition coefficient (Wildman–Crippen LogP) is 4.73.